The standard InChI is InChI=1S/C12H17F2N/c1-2-15-9-4-3-6-10-11(13)7-5-8-12(10)14/h5,7-8,15H,2-4,6,9H2,1H3. The van der Waals surface area contributed by atoms with Gasteiger partial charge < -0.3 is 5.32 Å². The van der Waals surface area contributed by atoms with Crippen LogP contribution in [0.25, 0.3) is 0 Å². The van der Waals surface area contributed by atoms with Crippen molar-refractivity contribution in [2.24, 2.45) is 0 Å². The first-order valence-corrected chi connectivity index (χ1v) is 5.39. The van der Waals surface area contributed by atoms with Crippen molar-refractivity contribution < 1.29 is 8.78 Å². The average Bonchev–Trinajstić information content (AvgIpc) is 2.21. The van der Waals surface area contributed by atoms with Crippen LogP contribution in [0.3, 0.4) is 0 Å². The van der Waals surface area contributed by atoms with Gasteiger partial charge in [-0.05, 0) is 44.5 Å². The SMILES string of the molecule is CCNCCCCc1c(F)cccc1F. The minimum absolute atomic E-state index is 0.217. The van der Waals surface area contributed by atoms with Gasteiger partial charge in [-0.1, -0.05) is 13.0 Å². The lowest BCUT2D eigenvalue weighted by Gasteiger charge is -2.05. The van der Waals surface area contributed by atoms with Crippen LogP contribution in [0.4, 0.5) is 8.78 Å². The van der Waals surface area contributed by atoms with Crippen LogP contribution >= 0.6 is 0 Å². The van der Waals surface area contributed by atoms with E-state index in [9.17, 15) is 8.78 Å². The molecule has 84 valence electrons. The molecule has 0 radical (unpaired) electrons. The van der Waals surface area contributed by atoms with Crippen LogP contribution in [0, 0.1) is 11.6 Å². The molecule has 15 heavy (non-hydrogen) atoms. The van der Waals surface area contributed by atoms with Crippen molar-refractivity contribution in [1.29, 1.82) is 0 Å². The Balaban J connectivity index is 2.37. The van der Waals surface area contributed by atoms with Gasteiger partial charge in [-0.2, -0.15) is 0 Å². The molecule has 0 heterocycles. The van der Waals surface area contributed by atoms with E-state index in [4.69, 9.17) is 0 Å². The first kappa shape index (κ1) is 12.1. The topological polar surface area (TPSA) is 12.0 Å². The summed E-state index contributed by atoms with van der Waals surface area (Å²) in [6, 6.07) is 4.01. The smallest absolute Gasteiger partial charge is 0.129 e. The number of rotatable bonds is 6. The molecule has 0 saturated heterocycles. The average molecular weight is 213 g/mol. The molecule has 0 aromatic heterocycles. The Morgan fingerprint density at radius 1 is 1.13 bits per heavy atom. The number of halogens is 2. The second kappa shape index (κ2) is 6.51. The first-order chi connectivity index (χ1) is 7.25. The summed E-state index contributed by atoms with van der Waals surface area (Å²) in [7, 11) is 0. The maximum atomic E-state index is 13.2. The van der Waals surface area contributed by atoms with Crippen molar-refractivity contribution in [3.8, 4) is 0 Å². The Kier molecular flexibility index (Phi) is 5.26. The minimum atomic E-state index is -0.432. The summed E-state index contributed by atoms with van der Waals surface area (Å²) >= 11 is 0. The van der Waals surface area contributed by atoms with Gasteiger partial charge in [0, 0.05) is 5.56 Å². The number of benzene rings is 1. The molecule has 3 heteroatoms. The van der Waals surface area contributed by atoms with E-state index < -0.39 is 11.6 Å². The maximum absolute atomic E-state index is 13.2. The summed E-state index contributed by atoms with van der Waals surface area (Å²) in [4.78, 5) is 0. The van der Waals surface area contributed by atoms with Crippen LogP contribution in [-0.4, -0.2) is 13.1 Å². The zero-order valence-electron chi connectivity index (χ0n) is 9.02. The molecule has 0 fully saturated rings. The van der Waals surface area contributed by atoms with Gasteiger partial charge in [0.05, 0.1) is 0 Å². The third-order valence-corrected chi connectivity index (χ3v) is 2.34. The zero-order chi connectivity index (χ0) is 11.1. The molecule has 1 aromatic carbocycles. The molecule has 0 spiro atoms. The van der Waals surface area contributed by atoms with Crippen LogP contribution in [-0.2, 0) is 6.42 Å². The number of nitrogens with one attached hydrogen (secondary N) is 1. The highest BCUT2D eigenvalue weighted by Crippen LogP contribution is 2.14. The lowest BCUT2D eigenvalue weighted by atomic mass is 10.1. The van der Waals surface area contributed by atoms with Crippen LogP contribution < -0.4 is 5.32 Å². The molecule has 0 aliphatic heterocycles. The molecular weight excluding hydrogens is 196 g/mol. The van der Waals surface area contributed by atoms with E-state index in [2.05, 4.69) is 5.32 Å². The Hall–Kier alpha value is -0.960. The Bertz CT molecular complexity index is 279. The minimum Gasteiger partial charge on any atom is -0.317 e. The molecule has 1 rings (SSSR count). The van der Waals surface area contributed by atoms with Gasteiger partial charge in [0.15, 0.2) is 0 Å². The van der Waals surface area contributed by atoms with Crippen molar-refractivity contribution in [2.45, 2.75) is 26.2 Å². The van der Waals surface area contributed by atoms with Crippen molar-refractivity contribution in [3.05, 3.63) is 35.4 Å². The van der Waals surface area contributed by atoms with Gasteiger partial charge in [-0.3, -0.25) is 0 Å². The quantitative estimate of drug-likeness (QED) is 0.716. The van der Waals surface area contributed by atoms with Crippen LogP contribution in [0.5, 0.6) is 0 Å². The molecule has 0 atom stereocenters. The van der Waals surface area contributed by atoms with E-state index >= 15 is 0 Å². The monoisotopic (exact) mass is 213 g/mol. The molecule has 0 saturated carbocycles. The van der Waals surface area contributed by atoms with Gasteiger partial charge in [-0.15, -0.1) is 0 Å². The zero-order valence-corrected chi connectivity index (χ0v) is 9.02. The number of unbranched alkanes of at least 4 members (excludes halogenated alkanes) is 1. The fraction of sp³-hybridized carbons (Fsp3) is 0.500. The van der Waals surface area contributed by atoms with E-state index in [1.165, 1.54) is 18.2 Å². The molecule has 0 aliphatic carbocycles. The number of hydrogen-bond donors (Lipinski definition) is 1. The molecule has 0 amide bonds. The summed E-state index contributed by atoms with van der Waals surface area (Å²) in [5.41, 5.74) is 0.217. The largest absolute Gasteiger partial charge is 0.317 e. The van der Waals surface area contributed by atoms with Gasteiger partial charge in [0.2, 0.25) is 0 Å². The summed E-state index contributed by atoms with van der Waals surface area (Å²) in [6.45, 7) is 3.89. The van der Waals surface area contributed by atoms with Crippen molar-refractivity contribution in [3.63, 3.8) is 0 Å². The van der Waals surface area contributed by atoms with Gasteiger partial charge in [0.1, 0.15) is 11.6 Å². The Morgan fingerprint density at radius 2 is 1.80 bits per heavy atom. The number of hydrogen-bond acceptors (Lipinski definition) is 1. The molecular formula is C12H17F2N. The normalized spacial score (nSPS) is 10.6. The highest BCUT2D eigenvalue weighted by molar-refractivity contribution is 5.19. The van der Waals surface area contributed by atoms with Gasteiger partial charge in [0.25, 0.3) is 0 Å². The van der Waals surface area contributed by atoms with E-state index in [1.807, 2.05) is 6.92 Å². The van der Waals surface area contributed by atoms with E-state index in [1.54, 1.807) is 0 Å². The Morgan fingerprint density at radius 3 is 2.40 bits per heavy atom. The highest BCUT2D eigenvalue weighted by atomic mass is 19.1. The second-order valence-corrected chi connectivity index (χ2v) is 3.51. The lowest BCUT2D eigenvalue weighted by molar-refractivity contribution is 0.542. The molecule has 0 bridgehead atoms. The highest BCUT2D eigenvalue weighted by Gasteiger charge is 2.06. The van der Waals surface area contributed by atoms with E-state index in [-0.39, 0.29) is 5.56 Å². The molecule has 0 unspecified atom stereocenters. The summed E-state index contributed by atoms with van der Waals surface area (Å²) in [6.07, 6.45) is 2.23. The van der Waals surface area contributed by atoms with Crippen molar-refractivity contribution in [1.82, 2.24) is 5.32 Å². The molecule has 1 aromatic rings. The Labute approximate surface area is 89.5 Å². The third-order valence-electron chi connectivity index (χ3n) is 2.34. The summed E-state index contributed by atoms with van der Waals surface area (Å²) in [5.74, 6) is -0.864. The van der Waals surface area contributed by atoms with Crippen LogP contribution in [0.1, 0.15) is 25.3 Å². The van der Waals surface area contributed by atoms with E-state index in [0.717, 1.165) is 25.9 Å². The second-order valence-electron chi connectivity index (χ2n) is 3.51. The molecule has 1 N–H and O–H groups in total. The van der Waals surface area contributed by atoms with Crippen LogP contribution in [0.15, 0.2) is 18.2 Å². The summed E-state index contributed by atoms with van der Waals surface area (Å²) < 4.78 is 26.3. The maximum Gasteiger partial charge on any atom is 0.129 e. The predicted octanol–water partition coefficient (Wildman–Crippen LogP) is 2.90. The first-order valence-electron chi connectivity index (χ1n) is 5.39. The van der Waals surface area contributed by atoms with E-state index in [0.29, 0.717) is 6.42 Å². The van der Waals surface area contributed by atoms with Gasteiger partial charge in [-0.25, -0.2) is 8.78 Å². The predicted molar refractivity (Wildman–Crippen MR) is 57.8 cm³/mol. The van der Waals surface area contributed by atoms with Gasteiger partial charge >= 0.3 is 0 Å². The van der Waals surface area contributed by atoms with Crippen molar-refractivity contribution >= 4 is 0 Å². The fourth-order valence-electron chi connectivity index (χ4n) is 1.50. The summed E-state index contributed by atoms with van der Waals surface area (Å²) in [5, 5.41) is 3.18. The third kappa shape index (κ3) is 3.96. The fourth-order valence-corrected chi connectivity index (χ4v) is 1.50. The van der Waals surface area contributed by atoms with Crippen molar-refractivity contribution in [2.75, 3.05) is 13.1 Å². The molecule has 0 aliphatic rings. The van der Waals surface area contributed by atoms with Crippen LogP contribution in [0.2, 0.25) is 0 Å². The lowest BCUT2D eigenvalue weighted by Crippen LogP contribution is -2.14. The molecule has 1 nitrogen and oxygen atoms in total.